The Morgan fingerprint density at radius 1 is 1.43 bits per heavy atom. The molecule has 0 radical (unpaired) electrons. The summed E-state index contributed by atoms with van der Waals surface area (Å²) in [7, 11) is 0. The number of oxime groups is 1. The topological polar surface area (TPSA) is 50.8 Å². The van der Waals surface area contributed by atoms with Gasteiger partial charge in [-0.2, -0.15) is 0 Å². The van der Waals surface area contributed by atoms with Gasteiger partial charge in [0.25, 0.3) is 0 Å². The van der Waals surface area contributed by atoms with Gasteiger partial charge in [-0.3, -0.25) is 0 Å². The first-order valence-corrected chi connectivity index (χ1v) is 8.89. The van der Waals surface area contributed by atoms with Crippen LogP contribution in [-0.4, -0.2) is 42.5 Å². The molecule has 2 rings (SSSR count). The maximum absolute atomic E-state index is 5.55. The maximum Gasteiger partial charge on any atom is 0.154 e. The predicted molar refractivity (Wildman–Crippen MR) is 91.3 cm³/mol. The molecule has 5 heteroatoms. The van der Waals surface area contributed by atoms with Gasteiger partial charge in [-0.15, -0.1) is 11.8 Å². The molecule has 0 atom stereocenters. The van der Waals surface area contributed by atoms with E-state index >= 15 is 0 Å². The van der Waals surface area contributed by atoms with E-state index in [1.165, 1.54) is 31.5 Å². The number of piperidine rings is 1. The van der Waals surface area contributed by atoms with Gasteiger partial charge in [-0.05, 0) is 64.2 Å². The lowest BCUT2D eigenvalue weighted by Gasteiger charge is -2.32. The Bertz CT molecular complexity index is 412. The van der Waals surface area contributed by atoms with Crippen molar-refractivity contribution >= 4 is 17.5 Å². The summed E-state index contributed by atoms with van der Waals surface area (Å²) in [5, 5.41) is 6.48. The number of likely N-dealkylation sites (tertiary alicyclic amines) is 1. The Kier molecular flexibility index (Phi) is 6.80. The number of rotatable bonds is 5. The molecule has 0 spiro atoms. The molecule has 0 aromatic carbocycles. The van der Waals surface area contributed by atoms with Crippen molar-refractivity contribution < 1.29 is 4.84 Å². The number of nitrogens with two attached hydrogens (primary N) is 1. The van der Waals surface area contributed by atoms with Crippen LogP contribution in [0.1, 0.15) is 32.6 Å². The first-order valence-electron chi connectivity index (χ1n) is 7.84. The molecule has 0 amide bonds. The molecule has 0 aliphatic carbocycles. The van der Waals surface area contributed by atoms with E-state index in [0.717, 1.165) is 37.4 Å². The highest BCUT2D eigenvalue weighted by Gasteiger charge is 2.24. The van der Waals surface area contributed by atoms with Crippen LogP contribution in [0, 0.1) is 5.92 Å². The quantitative estimate of drug-likeness (QED) is 0.793. The number of hydrogen-bond donors (Lipinski definition) is 1. The molecule has 2 N–H and O–H groups in total. The Morgan fingerprint density at radius 3 is 2.90 bits per heavy atom. The summed E-state index contributed by atoms with van der Waals surface area (Å²) in [6.07, 6.45) is 4.71. The van der Waals surface area contributed by atoms with E-state index < -0.39 is 0 Å². The van der Waals surface area contributed by atoms with E-state index in [4.69, 9.17) is 10.6 Å². The van der Waals surface area contributed by atoms with E-state index in [1.54, 1.807) is 11.8 Å². The van der Waals surface area contributed by atoms with E-state index in [2.05, 4.69) is 22.0 Å². The number of unbranched alkanes of at least 4 members (excludes halogenated alkanes) is 1. The van der Waals surface area contributed by atoms with E-state index in [9.17, 15) is 0 Å². The van der Waals surface area contributed by atoms with E-state index in [-0.39, 0.29) is 0 Å². The molecule has 4 nitrogen and oxygen atoms in total. The largest absolute Gasteiger partial charge is 0.357 e. The molecule has 0 bridgehead atoms. The minimum absolute atomic E-state index is 0.558. The molecular formula is C16H27N3OS. The molecule has 2 aliphatic rings. The van der Waals surface area contributed by atoms with Crippen molar-refractivity contribution in [2.24, 2.45) is 16.8 Å². The number of thioether (sulfide) groups is 1. The minimum atomic E-state index is 0.558. The zero-order valence-electron chi connectivity index (χ0n) is 13.0. The van der Waals surface area contributed by atoms with Crippen LogP contribution in [0.15, 0.2) is 28.5 Å². The lowest BCUT2D eigenvalue weighted by Crippen LogP contribution is -2.37. The predicted octanol–water partition coefficient (Wildman–Crippen LogP) is 2.97. The van der Waals surface area contributed by atoms with Crippen molar-refractivity contribution in [1.29, 1.82) is 0 Å². The summed E-state index contributed by atoms with van der Waals surface area (Å²) in [5.41, 5.74) is 7.80. The SMILES string of the molecule is C=C1O/N=C(/C2CCN(CCCCN)CC2)CS/C=C\1C. The van der Waals surface area contributed by atoms with Gasteiger partial charge in [0.05, 0.1) is 5.71 Å². The molecule has 0 aromatic heterocycles. The first-order chi connectivity index (χ1) is 10.2. The standard InChI is InChI=1S/C16H27N3OS/c1-13-11-21-12-16(18-20-14(13)2)15-5-9-19(10-6-15)8-4-3-7-17/h11,15H,2-10,12,17H2,1H3/b13-11-,18-16+. The number of allylic oxidation sites excluding steroid dienone is 1. The molecule has 0 unspecified atom stereocenters. The lowest BCUT2D eigenvalue weighted by molar-refractivity contribution is 0.198. The van der Waals surface area contributed by atoms with Crippen molar-refractivity contribution in [1.82, 2.24) is 4.90 Å². The molecule has 0 saturated carbocycles. The van der Waals surface area contributed by atoms with Crippen molar-refractivity contribution in [3.63, 3.8) is 0 Å². The van der Waals surface area contributed by atoms with Crippen molar-refractivity contribution in [2.45, 2.75) is 32.6 Å². The fourth-order valence-corrected chi connectivity index (χ4v) is 3.62. The summed E-state index contributed by atoms with van der Waals surface area (Å²) in [6.45, 7) is 10.2. The Balaban J connectivity index is 1.80. The Hall–Kier alpha value is -0.780. The highest BCUT2D eigenvalue weighted by atomic mass is 32.2. The highest BCUT2D eigenvalue weighted by molar-refractivity contribution is 8.02. The molecule has 2 heterocycles. The third-order valence-corrected chi connectivity index (χ3v) is 5.17. The first kappa shape index (κ1) is 16.6. The van der Waals surface area contributed by atoms with Crippen LogP contribution in [0.4, 0.5) is 0 Å². The molecule has 2 aliphatic heterocycles. The maximum atomic E-state index is 5.55. The van der Waals surface area contributed by atoms with Gasteiger partial charge in [-0.25, -0.2) is 0 Å². The monoisotopic (exact) mass is 309 g/mol. The fourth-order valence-electron chi connectivity index (χ4n) is 2.69. The van der Waals surface area contributed by atoms with Crippen LogP contribution >= 0.6 is 11.8 Å². The summed E-state index contributed by atoms with van der Waals surface area (Å²) in [4.78, 5) is 8.00. The van der Waals surface area contributed by atoms with Gasteiger partial charge in [0, 0.05) is 17.2 Å². The Labute approximate surface area is 132 Å². The normalized spacial score (nSPS) is 27.0. The number of hydrogen-bond acceptors (Lipinski definition) is 5. The van der Waals surface area contributed by atoms with Crippen molar-refractivity contribution in [3.8, 4) is 0 Å². The van der Waals surface area contributed by atoms with Crippen LogP contribution in [0.2, 0.25) is 0 Å². The molecular weight excluding hydrogens is 282 g/mol. The van der Waals surface area contributed by atoms with Crippen LogP contribution in [0.5, 0.6) is 0 Å². The van der Waals surface area contributed by atoms with Gasteiger partial charge in [0.15, 0.2) is 5.76 Å². The molecule has 21 heavy (non-hydrogen) atoms. The molecule has 1 saturated heterocycles. The van der Waals surface area contributed by atoms with E-state index in [1.807, 2.05) is 6.92 Å². The average molecular weight is 309 g/mol. The summed E-state index contributed by atoms with van der Waals surface area (Å²) in [5.74, 6) is 2.16. The second kappa shape index (κ2) is 8.61. The summed E-state index contributed by atoms with van der Waals surface area (Å²) in [6, 6.07) is 0. The molecule has 0 aromatic rings. The summed E-state index contributed by atoms with van der Waals surface area (Å²) >= 11 is 1.80. The van der Waals surface area contributed by atoms with Gasteiger partial charge >= 0.3 is 0 Å². The molecule has 118 valence electrons. The zero-order chi connectivity index (χ0) is 15.1. The zero-order valence-corrected chi connectivity index (χ0v) is 13.8. The van der Waals surface area contributed by atoms with Crippen molar-refractivity contribution in [3.05, 3.63) is 23.3 Å². The highest BCUT2D eigenvalue weighted by Crippen LogP contribution is 2.25. The number of nitrogens with zero attached hydrogens (tertiary/aromatic N) is 2. The smallest absolute Gasteiger partial charge is 0.154 e. The van der Waals surface area contributed by atoms with Crippen molar-refractivity contribution in [2.75, 3.05) is 31.9 Å². The van der Waals surface area contributed by atoms with Gasteiger partial charge in [0.1, 0.15) is 0 Å². The average Bonchev–Trinajstić information content (AvgIpc) is 2.50. The lowest BCUT2D eigenvalue weighted by atomic mass is 9.92. The second-order valence-electron chi connectivity index (χ2n) is 5.82. The molecule has 1 fully saturated rings. The van der Waals surface area contributed by atoms with Crippen LogP contribution in [0.25, 0.3) is 0 Å². The van der Waals surface area contributed by atoms with Gasteiger partial charge < -0.3 is 15.5 Å². The fraction of sp³-hybridized carbons (Fsp3) is 0.688. The van der Waals surface area contributed by atoms with Crippen LogP contribution in [-0.2, 0) is 4.84 Å². The minimum Gasteiger partial charge on any atom is -0.357 e. The summed E-state index contributed by atoms with van der Waals surface area (Å²) < 4.78 is 0. The van der Waals surface area contributed by atoms with E-state index in [0.29, 0.717) is 11.7 Å². The van der Waals surface area contributed by atoms with Gasteiger partial charge in [-0.1, -0.05) is 11.7 Å². The van der Waals surface area contributed by atoms with Crippen LogP contribution < -0.4 is 5.73 Å². The van der Waals surface area contributed by atoms with Crippen LogP contribution in [0.3, 0.4) is 0 Å². The second-order valence-corrected chi connectivity index (χ2v) is 6.68. The Morgan fingerprint density at radius 2 is 2.19 bits per heavy atom. The third kappa shape index (κ3) is 5.16. The van der Waals surface area contributed by atoms with Gasteiger partial charge in [0.2, 0.25) is 0 Å². The third-order valence-electron chi connectivity index (χ3n) is 4.19.